The lowest BCUT2D eigenvalue weighted by Crippen LogP contribution is -1.96. The number of aryl methyl sites for hydroxylation is 1. The lowest BCUT2D eigenvalue weighted by molar-refractivity contribution is -0.136. The molecule has 2 aromatic rings. The Morgan fingerprint density at radius 3 is 3.00 bits per heavy atom. The van der Waals surface area contributed by atoms with E-state index in [-0.39, 0.29) is 12.2 Å². The first-order valence-electron chi connectivity index (χ1n) is 4.64. The molecule has 0 unspecified atom stereocenters. The van der Waals surface area contributed by atoms with E-state index >= 15 is 0 Å². The Balaban J connectivity index is 2.32. The van der Waals surface area contributed by atoms with Crippen LogP contribution in [0.4, 0.5) is 4.39 Å². The first kappa shape index (κ1) is 9.71. The van der Waals surface area contributed by atoms with E-state index in [0.717, 1.165) is 10.9 Å². The van der Waals surface area contributed by atoms with Gasteiger partial charge in [-0.25, -0.2) is 4.39 Å². The van der Waals surface area contributed by atoms with Gasteiger partial charge in [0.2, 0.25) is 0 Å². The zero-order valence-electron chi connectivity index (χ0n) is 7.96. The van der Waals surface area contributed by atoms with Gasteiger partial charge in [-0.1, -0.05) is 0 Å². The van der Waals surface area contributed by atoms with Crippen LogP contribution in [0.3, 0.4) is 0 Å². The number of hydrogen-bond acceptors (Lipinski definition) is 1. The number of benzene rings is 1. The van der Waals surface area contributed by atoms with E-state index < -0.39 is 5.97 Å². The number of hydrogen-bond donors (Lipinski definition) is 2. The van der Waals surface area contributed by atoms with Crippen molar-refractivity contribution in [2.45, 2.75) is 12.8 Å². The van der Waals surface area contributed by atoms with Crippen molar-refractivity contribution >= 4 is 16.9 Å². The molecule has 15 heavy (non-hydrogen) atoms. The topological polar surface area (TPSA) is 53.1 Å². The van der Waals surface area contributed by atoms with Crippen molar-refractivity contribution in [3.63, 3.8) is 0 Å². The smallest absolute Gasteiger partial charge is 0.303 e. The normalized spacial score (nSPS) is 10.7. The Labute approximate surface area is 85.5 Å². The summed E-state index contributed by atoms with van der Waals surface area (Å²) < 4.78 is 12.8. The largest absolute Gasteiger partial charge is 0.481 e. The molecule has 4 heteroatoms. The van der Waals surface area contributed by atoms with Crippen molar-refractivity contribution in [3.05, 3.63) is 35.8 Å². The van der Waals surface area contributed by atoms with Crippen molar-refractivity contribution in [2.75, 3.05) is 0 Å². The molecule has 0 aliphatic heterocycles. The fourth-order valence-electron chi connectivity index (χ4n) is 1.61. The molecule has 0 spiro atoms. The predicted octanol–water partition coefficient (Wildman–Crippen LogP) is 2.32. The number of fused-ring (bicyclic) bond motifs is 1. The highest BCUT2D eigenvalue weighted by molar-refractivity contribution is 5.83. The Bertz CT molecular complexity index is 504. The number of halogens is 1. The number of carbonyl (C=O) groups is 1. The average Bonchev–Trinajstić information content (AvgIpc) is 2.57. The molecular weight excluding hydrogens is 197 g/mol. The Hall–Kier alpha value is -1.84. The first-order valence-corrected chi connectivity index (χ1v) is 4.64. The summed E-state index contributed by atoms with van der Waals surface area (Å²) in [6.45, 7) is 0. The summed E-state index contributed by atoms with van der Waals surface area (Å²) in [6.07, 6.45) is 2.28. The van der Waals surface area contributed by atoms with Crippen LogP contribution in [-0.4, -0.2) is 16.1 Å². The number of H-pyrrole nitrogens is 1. The van der Waals surface area contributed by atoms with Gasteiger partial charge in [-0.3, -0.25) is 4.79 Å². The second kappa shape index (κ2) is 3.73. The Kier molecular flexibility index (Phi) is 2.41. The molecule has 3 nitrogen and oxygen atoms in total. The highest BCUT2D eigenvalue weighted by atomic mass is 19.1. The molecule has 0 aliphatic rings. The number of carboxylic acid groups (broad SMARTS) is 1. The molecule has 2 rings (SSSR count). The second-order valence-corrected chi connectivity index (χ2v) is 3.40. The van der Waals surface area contributed by atoms with Gasteiger partial charge < -0.3 is 10.1 Å². The Morgan fingerprint density at radius 1 is 1.47 bits per heavy atom. The van der Waals surface area contributed by atoms with E-state index in [1.54, 1.807) is 12.3 Å². The SMILES string of the molecule is O=C(O)CCc1c[nH]c2cc(F)ccc12. The van der Waals surface area contributed by atoms with Crippen molar-refractivity contribution in [3.8, 4) is 0 Å². The van der Waals surface area contributed by atoms with Gasteiger partial charge >= 0.3 is 5.97 Å². The number of aromatic amines is 1. The third kappa shape index (κ3) is 1.98. The molecule has 1 aromatic heterocycles. The average molecular weight is 207 g/mol. The van der Waals surface area contributed by atoms with Gasteiger partial charge in [-0.2, -0.15) is 0 Å². The molecule has 0 saturated heterocycles. The van der Waals surface area contributed by atoms with Crippen LogP contribution >= 0.6 is 0 Å². The van der Waals surface area contributed by atoms with Crippen molar-refractivity contribution in [2.24, 2.45) is 0 Å². The van der Waals surface area contributed by atoms with Gasteiger partial charge in [0, 0.05) is 23.5 Å². The van der Waals surface area contributed by atoms with Crippen LogP contribution in [0, 0.1) is 5.82 Å². The third-order valence-corrected chi connectivity index (χ3v) is 2.34. The van der Waals surface area contributed by atoms with E-state index in [1.165, 1.54) is 12.1 Å². The van der Waals surface area contributed by atoms with E-state index in [0.29, 0.717) is 11.9 Å². The molecule has 0 atom stereocenters. The van der Waals surface area contributed by atoms with E-state index in [4.69, 9.17) is 5.11 Å². The van der Waals surface area contributed by atoms with E-state index in [1.807, 2.05) is 0 Å². The minimum absolute atomic E-state index is 0.0876. The van der Waals surface area contributed by atoms with Crippen LogP contribution in [0.5, 0.6) is 0 Å². The number of carboxylic acids is 1. The zero-order chi connectivity index (χ0) is 10.8. The van der Waals surface area contributed by atoms with Crippen LogP contribution < -0.4 is 0 Å². The van der Waals surface area contributed by atoms with Gasteiger partial charge in [-0.15, -0.1) is 0 Å². The fraction of sp³-hybridized carbons (Fsp3) is 0.182. The highest BCUT2D eigenvalue weighted by Crippen LogP contribution is 2.20. The van der Waals surface area contributed by atoms with Gasteiger partial charge in [0.1, 0.15) is 5.82 Å². The first-order chi connectivity index (χ1) is 7.16. The fourth-order valence-corrected chi connectivity index (χ4v) is 1.61. The lowest BCUT2D eigenvalue weighted by atomic mass is 10.1. The summed E-state index contributed by atoms with van der Waals surface area (Å²) in [5.41, 5.74) is 1.61. The summed E-state index contributed by atoms with van der Waals surface area (Å²) in [5.74, 6) is -1.12. The van der Waals surface area contributed by atoms with Gasteiger partial charge in [0.15, 0.2) is 0 Å². The maximum atomic E-state index is 12.8. The summed E-state index contributed by atoms with van der Waals surface area (Å²) >= 11 is 0. The maximum Gasteiger partial charge on any atom is 0.303 e. The molecule has 78 valence electrons. The maximum absolute atomic E-state index is 12.8. The lowest BCUT2D eigenvalue weighted by Gasteiger charge is -1.96. The van der Waals surface area contributed by atoms with Gasteiger partial charge in [0.05, 0.1) is 0 Å². The molecule has 0 saturated carbocycles. The number of rotatable bonds is 3. The van der Waals surface area contributed by atoms with Crippen molar-refractivity contribution in [1.82, 2.24) is 4.98 Å². The van der Waals surface area contributed by atoms with Crippen LogP contribution in [0.15, 0.2) is 24.4 Å². The number of aromatic nitrogens is 1. The zero-order valence-corrected chi connectivity index (χ0v) is 7.96. The number of aliphatic carboxylic acids is 1. The molecular formula is C11H10FNO2. The van der Waals surface area contributed by atoms with Crippen molar-refractivity contribution in [1.29, 1.82) is 0 Å². The molecule has 2 N–H and O–H groups in total. The van der Waals surface area contributed by atoms with Crippen LogP contribution in [0.1, 0.15) is 12.0 Å². The molecule has 0 radical (unpaired) electrons. The summed E-state index contributed by atoms with van der Waals surface area (Å²) in [4.78, 5) is 13.3. The second-order valence-electron chi connectivity index (χ2n) is 3.40. The molecule has 0 bridgehead atoms. The monoisotopic (exact) mass is 207 g/mol. The quantitative estimate of drug-likeness (QED) is 0.811. The summed E-state index contributed by atoms with van der Waals surface area (Å²) in [6, 6.07) is 4.44. The number of nitrogens with one attached hydrogen (secondary N) is 1. The standard InChI is InChI=1S/C11H10FNO2/c12-8-2-3-9-7(1-4-11(14)15)6-13-10(9)5-8/h2-3,5-6,13H,1,4H2,(H,14,15). The highest BCUT2D eigenvalue weighted by Gasteiger charge is 2.06. The predicted molar refractivity (Wildman–Crippen MR) is 54.2 cm³/mol. The minimum atomic E-state index is -0.827. The van der Waals surface area contributed by atoms with Gasteiger partial charge in [-0.05, 0) is 30.2 Å². The van der Waals surface area contributed by atoms with Crippen LogP contribution in [-0.2, 0) is 11.2 Å². The van der Waals surface area contributed by atoms with E-state index in [2.05, 4.69) is 4.98 Å². The van der Waals surface area contributed by atoms with Crippen LogP contribution in [0.2, 0.25) is 0 Å². The van der Waals surface area contributed by atoms with Gasteiger partial charge in [0.25, 0.3) is 0 Å². The van der Waals surface area contributed by atoms with Crippen molar-refractivity contribution < 1.29 is 14.3 Å². The molecule has 0 aliphatic carbocycles. The summed E-state index contributed by atoms with van der Waals surface area (Å²) in [5, 5.41) is 9.44. The minimum Gasteiger partial charge on any atom is -0.481 e. The summed E-state index contributed by atoms with van der Waals surface area (Å²) in [7, 11) is 0. The molecule has 1 heterocycles. The molecule has 1 aromatic carbocycles. The molecule has 0 fully saturated rings. The van der Waals surface area contributed by atoms with E-state index in [9.17, 15) is 9.18 Å². The Morgan fingerprint density at radius 2 is 2.27 bits per heavy atom. The molecule has 0 amide bonds. The third-order valence-electron chi connectivity index (χ3n) is 2.34. The van der Waals surface area contributed by atoms with Crippen LogP contribution in [0.25, 0.3) is 10.9 Å².